The summed E-state index contributed by atoms with van der Waals surface area (Å²) in [7, 11) is 3.59. The molecule has 3 aromatic rings. The monoisotopic (exact) mass is 439 g/mol. The lowest BCUT2D eigenvalue weighted by Crippen LogP contribution is -2.48. The van der Waals surface area contributed by atoms with Gasteiger partial charge >= 0.3 is 0 Å². The number of ether oxygens (including phenoxy) is 1. The molecule has 3 atom stereocenters. The van der Waals surface area contributed by atoms with Crippen molar-refractivity contribution in [1.29, 1.82) is 5.26 Å². The van der Waals surface area contributed by atoms with Gasteiger partial charge in [0.1, 0.15) is 17.6 Å². The van der Waals surface area contributed by atoms with Crippen LogP contribution in [0.15, 0.2) is 48.4 Å². The molecular weight excluding hydrogens is 414 g/mol. The van der Waals surface area contributed by atoms with Crippen LogP contribution in [0.3, 0.4) is 0 Å². The van der Waals surface area contributed by atoms with Gasteiger partial charge in [-0.3, -0.25) is 4.79 Å². The van der Waals surface area contributed by atoms with Gasteiger partial charge in [0, 0.05) is 18.5 Å². The minimum Gasteiger partial charge on any atom is -0.497 e. The Morgan fingerprint density at radius 3 is 2.64 bits per heavy atom. The minimum atomic E-state index is -0.709. The quantitative estimate of drug-likeness (QED) is 0.618. The van der Waals surface area contributed by atoms with Gasteiger partial charge in [0.15, 0.2) is 5.78 Å². The standard InChI is InChI=1S/C26H25N5O2/c1-15-21-10-9-20-23(22-13-28-14-31(22)3)29-16(2)30-25(20)26(21,11-17(12-27)24(15)32)18-5-7-19(33-4)8-6-18/h5-8,11,13-15,21H,9-10H2,1-4H3/t15-,21-,26+/m0/s1. The van der Waals surface area contributed by atoms with Crippen molar-refractivity contribution in [2.24, 2.45) is 18.9 Å². The number of carbonyl (C=O) groups excluding carboxylic acids is 1. The van der Waals surface area contributed by atoms with E-state index >= 15 is 0 Å². The molecule has 7 nitrogen and oxygen atoms in total. The summed E-state index contributed by atoms with van der Waals surface area (Å²) in [5, 5.41) is 9.85. The van der Waals surface area contributed by atoms with E-state index in [0.29, 0.717) is 5.82 Å². The molecule has 1 aromatic carbocycles. The third-order valence-corrected chi connectivity index (χ3v) is 7.20. The highest BCUT2D eigenvalue weighted by molar-refractivity contribution is 6.02. The van der Waals surface area contributed by atoms with Crippen molar-refractivity contribution in [2.75, 3.05) is 7.11 Å². The van der Waals surface area contributed by atoms with Gasteiger partial charge in [0.2, 0.25) is 0 Å². The Kier molecular flexibility index (Phi) is 4.89. The predicted molar refractivity (Wildman–Crippen MR) is 122 cm³/mol. The van der Waals surface area contributed by atoms with Crippen LogP contribution in [0.2, 0.25) is 0 Å². The molecule has 2 aliphatic rings. The first-order chi connectivity index (χ1) is 15.9. The highest BCUT2D eigenvalue weighted by Crippen LogP contribution is 2.54. The smallest absolute Gasteiger partial charge is 0.176 e. The number of Topliss-reactive ketones (excluding diaryl/α,β-unsaturated/α-hetero) is 1. The van der Waals surface area contributed by atoms with E-state index in [9.17, 15) is 10.1 Å². The number of rotatable bonds is 3. The van der Waals surface area contributed by atoms with Crippen LogP contribution in [0.4, 0.5) is 0 Å². The van der Waals surface area contributed by atoms with Crippen molar-refractivity contribution in [1.82, 2.24) is 19.5 Å². The molecule has 0 radical (unpaired) electrons. The first-order valence-electron chi connectivity index (χ1n) is 11.1. The molecule has 0 bridgehead atoms. The first-order valence-corrected chi connectivity index (χ1v) is 11.1. The number of fused-ring (bicyclic) bond motifs is 3. The summed E-state index contributed by atoms with van der Waals surface area (Å²) in [4.78, 5) is 27.1. The van der Waals surface area contributed by atoms with Gasteiger partial charge in [-0.25, -0.2) is 15.0 Å². The average Bonchev–Trinajstić information content (AvgIpc) is 3.26. The van der Waals surface area contributed by atoms with Crippen LogP contribution in [-0.4, -0.2) is 32.4 Å². The third kappa shape index (κ3) is 3.01. The fourth-order valence-corrected chi connectivity index (χ4v) is 5.61. The number of ketones is 1. The van der Waals surface area contributed by atoms with Gasteiger partial charge in [-0.2, -0.15) is 5.26 Å². The maximum absolute atomic E-state index is 13.0. The predicted octanol–water partition coefficient (Wildman–Crippen LogP) is 3.71. The first kappa shape index (κ1) is 21.1. The molecule has 0 saturated carbocycles. The van der Waals surface area contributed by atoms with Gasteiger partial charge in [-0.1, -0.05) is 19.1 Å². The summed E-state index contributed by atoms with van der Waals surface area (Å²) in [6, 6.07) is 10.1. The molecule has 2 heterocycles. The zero-order valence-electron chi connectivity index (χ0n) is 19.2. The molecule has 2 aliphatic carbocycles. The number of methoxy groups -OCH3 is 1. The van der Waals surface area contributed by atoms with Crippen LogP contribution >= 0.6 is 0 Å². The molecule has 0 unspecified atom stereocenters. The number of allylic oxidation sites excluding steroid dienone is 2. The van der Waals surface area contributed by atoms with E-state index in [1.165, 1.54) is 0 Å². The average molecular weight is 440 g/mol. The summed E-state index contributed by atoms with van der Waals surface area (Å²) >= 11 is 0. The maximum atomic E-state index is 13.0. The highest BCUT2D eigenvalue weighted by atomic mass is 16.5. The Balaban J connectivity index is 1.87. The topological polar surface area (TPSA) is 93.7 Å². The van der Waals surface area contributed by atoms with Gasteiger partial charge in [0.05, 0.1) is 47.7 Å². The number of nitrogens with zero attached hydrogens (tertiary/aromatic N) is 5. The number of carbonyl (C=O) groups is 1. The molecule has 7 heteroatoms. The second-order valence-electron chi connectivity index (χ2n) is 8.90. The molecule has 5 rings (SSSR count). The molecule has 2 aromatic heterocycles. The highest BCUT2D eigenvalue weighted by Gasteiger charge is 2.53. The van der Waals surface area contributed by atoms with E-state index in [2.05, 4.69) is 11.1 Å². The van der Waals surface area contributed by atoms with E-state index in [1.807, 2.05) is 62.0 Å². The molecule has 0 spiro atoms. The van der Waals surface area contributed by atoms with E-state index in [-0.39, 0.29) is 23.2 Å². The van der Waals surface area contributed by atoms with Crippen LogP contribution in [0.5, 0.6) is 5.75 Å². The van der Waals surface area contributed by atoms with Crippen molar-refractivity contribution in [3.05, 3.63) is 71.1 Å². The Bertz CT molecular complexity index is 1330. The molecule has 33 heavy (non-hydrogen) atoms. The lowest BCUT2D eigenvalue weighted by Gasteiger charge is -2.48. The lowest BCUT2D eigenvalue weighted by molar-refractivity contribution is -0.121. The summed E-state index contributed by atoms with van der Waals surface area (Å²) in [6.45, 7) is 3.83. The molecule has 0 fully saturated rings. The number of hydrogen-bond acceptors (Lipinski definition) is 6. The normalized spacial score (nSPS) is 23.8. The largest absolute Gasteiger partial charge is 0.497 e. The van der Waals surface area contributed by atoms with Crippen LogP contribution in [0.1, 0.15) is 36.0 Å². The second-order valence-corrected chi connectivity index (χ2v) is 8.90. The zero-order valence-corrected chi connectivity index (χ0v) is 19.2. The van der Waals surface area contributed by atoms with Crippen molar-refractivity contribution < 1.29 is 9.53 Å². The Labute approximate surface area is 192 Å². The van der Waals surface area contributed by atoms with Crippen molar-refractivity contribution in [3.63, 3.8) is 0 Å². The van der Waals surface area contributed by atoms with Crippen LogP contribution in [0.25, 0.3) is 11.4 Å². The van der Waals surface area contributed by atoms with E-state index in [1.54, 1.807) is 13.4 Å². The number of nitriles is 1. The van der Waals surface area contributed by atoms with Crippen molar-refractivity contribution >= 4 is 5.78 Å². The number of hydrogen-bond donors (Lipinski definition) is 0. The Hall–Kier alpha value is -3.79. The fourth-order valence-electron chi connectivity index (χ4n) is 5.61. The van der Waals surface area contributed by atoms with Gasteiger partial charge in [0.25, 0.3) is 0 Å². The summed E-state index contributed by atoms with van der Waals surface area (Å²) in [5.41, 5.74) is 4.19. The zero-order chi connectivity index (χ0) is 23.3. The van der Waals surface area contributed by atoms with Crippen LogP contribution in [-0.2, 0) is 23.7 Å². The third-order valence-electron chi connectivity index (χ3n) is 7.20. The van der Waals surface area contributed by atoms with E-state index in [4.69, 9.17) is 14.7 Å². The van der Waals surface area contributed by atoms with E-state index in [0.717, 1.165) is 46.8 Å². The Morgan fingerprint density at radius 2 is 2.00 bits per heavy atom. The molecule has 0 aliphatic heterocycles. The van der Waals surface area contributed by atoms with Gasteiger partial charge in [-0.15, -0.1) is 0 Å². The van der Waals surface area contributed by atoms with Gasteiger partial charge < -0.3 is 9.30 Å². The molecule has 166 valence electrons. The van der Waals surface area contributed by atoms with Crippen LogP contribution in [0, 0.1) is 30.1 Å². The van der Waals surface area contributed by atoms with E-state index < -0.39 is 5.41 Å². The maximum Gasteiger partial charge on any atom is 0.176 e. The summed E-state index contributed by atoms with van der Waals surface area (Å²) < 4.78 is 7.34. The molecule has 0 saturated heterocycles. The SMILES string of the molecule is COc1ccc([C@]23C=C(C#N)C(=O)[C@@H](C)[C@@H]2CCc2c(-c4cncn4C)nc(C)nc23)cc1. The molecular formula is C26H25N5O2. The van der Waals surface area contributed by atoms with Gasteiger partial charge in [-0.05, 0) is 49.5 Å². The van der Waals surface area contributed by atoms with Crippen molar-refractivity contribution in [2.45, 2.75) is 32.1 Å². The fraction of sp³-hybridized carbons (Fsp3) is 0.346. The summed E-state index contributed by atoms with van der Waals surface area (Å²) in [6.07, 6.45) is 6.99. The summed E-state index contributed by atoms with van der Waals surface area (Å²) in [5.74, 6) is 0.997. The van der Waals surface area contributed by atoms with Crippen molar-refractivity contribution in [3.8, 4) is 23.2 Å². The minimum absolute atomic E-state index is 0.0170. The lowest BCUT2D eigenvalue weighted by atomic mass is 9.54. The number of aromatic nitrogens is 4. The molecule has 0 amide bonds. The number of aryl methyl sites for hydroxylation is 2. The van der Waals surface area contributed by atoms with Crippen LogP contribution < -0.4 is 4.74 Å². The second kappa shape index (κ2) is 7.66. The Morgan fingerprint density at radius 1 is 1.24 bits per heavy atom. The number of imidazole rings is 1. The molecule has 0 N–H and O–H groups in total. The number of benzene rings is 1.